The molecule has 0 N–H and O–H groups in total. The zero-order valence-corrected chi connectivity index (χ0v) is 13.2. The van der Waals surface area contributed by atoms with E-state index >= 15 is 0 Å². The number of alkyl halides is 3. The highest BCUT2D eigenvalue weighted by Gasteiger charge is 2.35. The average Bonchev–Trinajstić information content (AvgIpc) is 2.54. The van der Waals surface area contributed by atoms with E-state index in [1.165, 1.54) is 20.0 Å². The summed E-state index contributed by atoms with van der Waals surface area (Å²) in [5.41, 5.74) is -1.66. The number of carbonyl (C=O) groups excluding carboxylic acids is 1. The van der Waals surface area contributed by atoms with Gasteiger partial charge in [-0.25, -0.2) is 13.2 Å². The first-order valence-electron chi connectivity index (χ1n) is 7.11. The van der Waals surface area contributed by atoms with E-state index in [-0.39, 0.29) is 11.1 Å². The van der Waals surface area contributed by atoms with Gasteiger partial charge in [-0.2, -0.15) is 13.2 Å². The molecule has 2 aromatic carbocycles. The van der Waals surface area contributed by atoms with E-state index in [1.54, 1.807) is 0 Å². The van der Waals surface area contributed by atoms with Crippen molar-refractivity contribution >= 4 is 5.91 Å². The molecule has 0 spiro atoms. The van der Waals surface area contributed by atoms with Gasteiger partial charge in [-0.1, -0.05) is 6.07 Å². The summed E-state index contributed by atoms with van der Waals surface area (Å²) in [6, 6.07) is 4.22. The van der Waals surface area contributed by atoms with Crippen LogP contribution in [-0.2, 0) is 6.18 Å². The van der Waals surface area contributed by atoms with Gasteiger partial charge in [0.2, 0.25) is 0 Å². The molecule has 1 atom stereocenters. The Morgan fingerprint density at radius 1 is 0.960 bits per heavy atom. The van der Waals surface area contributed by atoms with Crippen molar-refractivity contribution in [3.8, 4) is 0 Å². The summed E-state index contributed by atoms with van der Waals surface area (Å²) in [7, 11) is 1.30. The van der Waals surface area contributed by atoms with Gasteiger partial charge in [0.15, 0.2) is 11.6 Å². The van der Waals surface area contributed by atoms with Gasteiger partial charge in [-0.3, -0.25) is 4.79 Å². The Balaban J connectivity index is 2.32. The summed E-state index contributed by atoms with van der Waals surface area (Å²) in [5.74, 6) is -4.47. The lowest BCUT2D eigenvalue weighted by Crippen LogP contribution is -2.30. The van der Waals surface area contributed by atoms with Crippen molar-refractivity contribution in [3.63, 3.8) is 0 Å². The van der Waals surface area contributed by atoms with E-state index in [1.807, 2.05) is 0 Å². The molecule has 1 amide bonds. The van der Waals surface area contributed by atoms with Gasteiger partial charge in [0.25, 0.3) is 5.91 Å². The van der Waals surface area contributed by atoms with Crippen LogP contribution in [-0.4, -0.2) is 17.9 Å². The molecular weight excluding hydrogens is 348 g/mol. The van der Waals surface area contributed by atoms with Crippen LogP contribution in [0.4, 0.5) is 26.3 Å². The first-order chi connectivity index (χ1) is 11.5. The lowest BCUT2D eigenvalue weighted by molar-refractivity contribution is -0.140. The van der Waals surface area contributed by atoms with E-state index < -0.39 is 41.1 Å². The fourth-order valence-electron chi connectivity index (χ4n) is 2.25. The number of amides is 1. The Labute approximate surface area is 139 Å². The number of hydrogen-bond acceptors (Lipinski definition) is 1. The molecule has 1 unspecified atom stereocenters. The van der Waals surface area contributed by atoms with Crippen LogP contribution in [0.2, 0.25) is 0 Å². The number of halogens is 6. The van der Waals surface area contributed by atoms with Gasteiger partial charge in [0, 0.05) is 12.6 Å². The number of rotatable bonds is 3. The maximum atomic E-state index is 13.3. The summed E-state index contributed by atoms with van der Waals surface area (Å²) in [6.45, 7) is 1.50. The molecule has 0 aliphatic rings. The molecule has 0 fully saturated rings. The Bertz CT molecular complexity index is 802. The second-order valence-corrected chi connectivity index (χ2v) is 5.46. The van der Waals surface area contributed by atoms with Gasteiger partial charge < -0.3 is 4.90 Å². The molecule has 134 valence electrons. The van der Waals surface area contributed by atoms with Crippen LogP contribution in [0, 0.1) is 17.5 Å². The third-order valence-corrected chi connectivity index (χ3v) is 3.85. The molecule has 0 bridgehead atoms. The first-order valence-corrected chi connectivity index (χ1v) is 7.11. The number of hydrogen-bond donors (Lipinski definition) is 0. The Kier molecular flexibility index (Phi) is 5.10. The van der Waals surface area contributed by atoms with Gasteiger partial charge >= 0.3 is 6.18 Å². The van der Waals surface area contributed by atoms with Crippen LogP contribution in [0.3, 0.4) is 0 Å². The topological polar surface area (TPSA) is 20.3 Å². The van der Waals surface area contributed by atoms with Gasteiger partial charge in [-0.15, -0.1) is 0 Å². The molecule has 25 heavy (non-hydrogen) atoms. The normalized spacial score (nSPS) is 12.8. The largest absolute Gasteiger partial charge is 0.419 e. The van der Waals surface area contributed by atoms with Gasteiger partial charge in [0.1, 0.15) is 5.82 Å². The minimum absolute atomic E-state index is 0.257. The summed E-state index contributed by atoms with van der Waals surface area (Å²) in [5, 5.41) is 0. The van der Waals surface area contributed by atoms with Crippen molar-refractivity contribution in [3.05, 3.63) is 70.5 Å². The lowest BCUT2D eigenvalue weighted by atomic mass is 10.0. The zero-order valence-electron chi connectivity index (χ0n) is 13.2. The smallest absolute Gasteiger partial charge is 0.335 e. The van der Waals surface area contributed by atoms with E-state index in [0.717, 1.165) is 23.1 Å². The number of nitrogens with zero attached hydrogens (tertiary/aromatic N) is 1. The van der Waals surface area contributed by atoms with Crippen LogP contribution >= 0.6 is 0 Å². The van der Waals surface area contributed by atoms with Crippen LogP contribution in [0.25, 0.3) is 0 Å². The number of benzene rings is 2. The van der Waals surface area contributed by atoms with Crippen molar-refractivity contribution in [2.75, 3.05) is 7.05 Å². The molecule has 0 aliphatic carbocycles. The predicted octanol–water partition coefficient (Wildman–Crippen LogP) is 4.96. The molecule has 0 saturated heterocycles. The monoisotopic (exact) mass is 361 g/mol. The Morgan fingerprint density at radius 3 is 2.12 bits per heavy atom. The molecule has 2 rings (SSSR count). The summed E-state index contributed by atoms with van der Waals surface area (Å²) < 4.78 is 77.9. The highest BCUT2D eigenvalue weighted by Crippen LogP contribution is 2.32. The van der Waals surface area contributed by atoms with E-state index in [2.05, 4.69) is 0 Å². The molecule has 8 heteroatoms. The summed E-state index contributed by atoms with van der Waals surface area (Å²) in [6.07, 6.45) is -4.94. The highest BCUT2D eigenvalue weighted by atomic mass is 19.4. The molecule has 0 saturated carbocycles. The molecule has 0 aromatic heterocycles. The van der Waals surface area contributed by atoms with E-state index in [4.69, 9.17) is 0 Å². The van der Waals surface area contributed by atoms with E-state index in [0.29, 0.717) is 12.1 Å². The van der Waals surface area contributed by atoms with Crippen molar-refractivity contribution in [2.24, 2.45) is 0 Å². The molecular formula is C17H13F6NO. The molecule has 0 radical (unpaired) electrons. The standard InChI is InChI=1S/C17H13F6NO/c1-9(10-3-6-14(19)15(20)8-10)24(2)16(25)11-4-5-13(18)12(7-11)17(21,22)23/h3-9H,1-2H3. The fourth-order valence-corrected chi connectivity index (χ4v) is 2.25. The third kappa shape index (κ3) is 3.94. The van der Waals surface area contributed by atoms with Gasteiger partial charge in [0.05, 0.1) is 11.6 Å². The molecule has 0 aliphatic heterocycles. The molecule has 0 heterocycles. The second kappa shape index (κ2) is 6.78. The first kappa shape index (κ1) is 18.8. The Hall–Kier alpha value is -2.51. The maximum absolute atomic E-state index is 13.3. The third-order valence-electron chi connectivity index (χ3n) is 3.85. The predicted molar refractivity (Wildman–Crippen MR) is 78.3 cm³/mol. The van der Waals surface area contributed by atoms with E-state index in [9.17, 15) is 31.1 Å². The molecule has 2 nitrogen and oxygen atoms in total. The zero-order chi connectivity index (χ0) is 18.9. The fraction of sp³-hybridized carbons (Fsp3) is 0.235. The summed E-state index contributed by atoms with van der Waals surface area (Å²) in [4.78, 5) is 13.4. The molecule has 2 aromatic rings. The van der Waals surface area contributed by atoms with Crippen molar-refractivity contribution < 1.29 is 31.1 Å². The minimum atomic E-state index is -4.94. The summed E-state index contributed by atoms with van der Waals surface area (Å²) >= 11 is 0. The minimum Gasteiger partial charge on any atom is -0.335 e. The number of carbonyl (C=O) groups is 1. The second-order valence-electron chi connectivity index (χ2n) is 5.46. The highest BCUT2D eigenvalue weighted by molar-refractivity contribution is 5.94. The SMILES string of the molecule is CC(c1ccc(F)c(F)c1)N(C)C(=O)c1ccc(F)c(C(F)(F)F)c1. The van der Waals surface area contributed by atoms with Crippen LogP contribution < -0.4 is 0 Å². The quantitative estimate of drug-likeness (QED) is 0.708. The van der Waals surface area contributed by atoms with Crippen molar-refractivity contribution in [1.82, 2.24) is 4.90 Å². The average molecular weight is 361 g/mol. The van der Waals surface area contributed by atoms with Gasteiger partial charge in [-0.05, 0) is 42.8 Å². The van der Waals surface area contributed by atoms with Crippen molar-refractivity contribution in [1.29, 1.82) is 0 Å². The van der Waals surface area contributed by atoms with Crippen LogP contribution in [0.5, 0.6) is 0 Å². The lowest BCUT2D eigenvalue weighted by Gasteiger charge is -2.26. The van der Waals surface area contributed by atoms with Crippen LogP contribution in [0.1, 0.15) is 34.5 Å². The van der Waals surface area contributed by atoms with Crippen LogP contribution in [0.15, 0.2) is 36.4 Å². The maximum Gasteiger partial charge on any atom is 0.419 e. The van der Waals surface area contributed by atoms with Crippen molar-refractivity contribution in [2.45, 2.75) is 19.1 Å². The Morgan fingerprint density at radius 2 is 1.56 bits per heavy atom.